The Morgan fingerprint density at radius 3 is 2.37 bits per heavy atom. The summed E-state index contributed by atoms with van der Waals surface area (Å²) in [5, 5.41) is 2.67. The molecule has 1 N–H and O–H groups in total. The molecule has 0 radical (unpaired) electrons. The Morgan fingerprint density at radius 2 is 1.77 bits per heavy atom. The lowest BCUT2D eigenvalue weighted by molar-refractivity contribution is -0.137. The highest BCUT2D eigenvalue weighted by atomic mass is 19.4. The van der Waals surface area contributed by atoms with Crippen molar-refractivity contribution in [3.63, 3.8) is 0 Å². The van der Waals surface area contributed by atoms with Crippen LogP contribution >= 0.6 is 0 Å². The van der Waals surface area contributed by atoms with Gasteiger partial charge in [0.15, 0.2) is 0 Å². The van der Waals surface area contributed by atoms with Crippen LogP contribution in [-0.4, -0.2) is 67.2 Å². The lowest BCUT2D eigenvalue weighted by atomic mass is 10.0. The van der Waals surface area contributed by atoms with Crippen molar-refractivity contribution in [3.8, 4) is 5.88 Å². The lowest BCUT2D eigenvalue weighted by Gasteiger charge is -2.34. The number of nitrogens with one attached hydrogen (secondary N) is 1. The second-order valence-electron chi connectivity index (χ2n) is 10.7. The molecule has 1 aromatic heterocycles. The molecule has 3 heterocycles. The number of amides is 2. The molecule has 2 fully saturated rings. The summed E-state index contributed by atoms with van der Waals surface area (Å²) in [6.07, 6.45) is 1.66. The number of alkyl halides is 3. The Bertz CT molecular complexity index is 1400. The smallest absolute Gasteiger partial charge is 0.416 e. The van der Waals surface area contributed by atoms with Crippen LogP contribution in [0.2, 0.25) is 0 Å². The molecular weight excluding hydrogens is 561 g/mol. The summed E-state index contributed by atoms with van der Waals surface area (Å²) in [7, 11) is 0. The van der Waals surface area contributed by atoms with E-state index < -0.39 is 17.6 Å². The first-order chi connectivity index (χ1) is 20.5. The summed E-state index contributed by atoms with van der Waals surface area (Å²) in [5.41, 5.74) is 2.58. The topological polar surface area (TPSA) is 84.0 Å². The summed E-state index contributed by atoms with van der Waals surface area (Å²) < 4.78 is 51.5. The minimum absolute atomic E-state index is 0.0575. The Balaban J connectivity index is 1.61. The van der Waals surface area contributed by atoms with Gasteiger partial charge in [-0.2, -0.15) is 13.2 Å². The van der Waals surface area contributed by atoms with Crippen LogP contribution in [0.15, 0.2) is 66.5 Å². The second kappa shape index (κ2) is 13.9. The quantitative estimate of drug-likeness (QED) is 0.397. The number of nitrogens with zero attached hydrogens (tertiary/aromatic N) is 3. The number of ether oxygens (including phenoxy) is 2. The van der Waals surface area contributed by atoms with Gasteiger partial charge in [0, 0.05) is 69.0 Å². The zero-order valence-corrected chi connectivity index (χ0v) is 24.7. The number of hydrogen-bond acceptors (Lipinski definition) is 6. The van der Waals surface area contributed by atoms with Crippen LogP contribution in [0.1, 0.15) is 55.1 Å². The molecule has 8 nitrogen and oxygen atoms in total. The highest BCUT2D eigenvalue weighted by molar-refractivity contribution is 5.96. The van der Waals surface area contributed by atoms with E-state index >= 15 is 0 Å². The fourth-order valence-electron chi connectivity index (χ4n) is 5.01. The van der Waals surface area contributed by atoms with Gasteiger partial charge in [0.1, 0.15) is 11.8 Å². The van der Waals surface area contributed by atoms with Gasteiger partial charge in [0.25, 0.3) is 5.91 Å². The van der Waals surface area contributed by atoms with Crippen LogP contribution in [0, 0.1) is 0 Å². The number of likely N-dealkylation sites (tertiary alicyclic amines) is 1. The minimum atomic E-state index is -4.56. The van der Waals surface area contributed by atoms with Crippen LogP contribution in [-0.2, 0) is 15.7 Å². The number of carbonyl (C=O) groups is 2. The number of pyridine rings is 1. The molecule has 4 rings (SSSR count). The number of carbonyl (C=O) groups excluding carboxylic acids is 2. The lowest BCUT2D eigenvalue weighted by Crippen LogP contribution is -2.41. The van der Waals surface area contributed by atoms with Crippen molar-refractivity contribution in [2.45, 2.75) is 45.9 Å². The molecule has 2 aliphatic rings. The Labute approximate surface area is 249 Å². The standard InChI is InChI=1S/C32H37F3N4O4/c1-5-26(37-30(41)23-7-6-8-25(17-23)32(33,34)35)19-28(21(2)3)24-18-29(39-13-15-42-16-14-39)31(36-20-24)43-27-9-11-38(12-10-27)22(4)40/h5-8,17-20,27H,1,9-16H2,2-4H3,(H,37,41)/b26-19+. The number of aromatic nitrogens is 1. The van der Waals surface area contributed by atoms with Gasteiger partial charge in [-0.05, 0) is 55.8 Å². The molecule has 2 aliphatic heterocycles. The number of anilines is 1. The zero-order valence-electron chi connectivity index (χ0n) is 24.7. The Hall–Kier alpha value is -4.12. The molecule has 43 heavy (non-hydrogen) atoms. The zero-order chi connectivity index (χ0) is 31.1. The van der Waals surface area contributed by atoms with Crippen molar-refractivity contribution in [3.05, 3.63) is 83.2 Å². The van der Waals surface area contributed by atoms with E-state index in [0.717, 1.165) is 34.5 Å². The molecular formula is C32H37F3N4O4. The molecule has 0 unspecified atom stereocenters. The number of hydrogen-bond donors (Lipinski definition) is 1. The normalized spacial score (nSPS) is 16.5. The average Bonchev–Trinajstić information content (AvgIpc) is 2.99. The fraction of sp³-hybridized carbons (Fsp3) is 0.406. The monoisotopic (exact) mass is 598 g/mol. The molecule has 2 amide bonds. The number of morpholine rings is 1. The number of allylic oxidation sites excluding steroid dienone is 4. The number of benzene rings is 1. The average molecular weight is 599 g/mol. The third kappa shape index (κ3) is 8.25. The summed E-state index contributed by atoms with van der Waals surface area (Å²) in [6, 6.07) is 6.26. The molecule has 2 saturated heterocycles. The van der Waals surface area contributed by atoms with Crippen molar-refractivity contribution in [2.75, 3.05) is 44.3 Å². The molecule has 0 atom stereocenters. The van der Waals surface area contributed by atoms with Crippen LogP contribution in [0.25, 0.3) is 5.57 Å². The summed E-state index contributed by atoms with van der Waals surface area (Å²) >= 11 is 0. The summed E-state index contributed by atoms with van der Waals surface area (Å²) in [5.74, 6) is -0.120. The van der Waals surface area contributed by atoms with Gasteiger partial charge in [0.2, 0.25) is 11.8 Å². The van der Waals surface area contributed by atoms with Gasteiger partial charge < -0.3 is 24.6 Å². The van der Waals surface area contributed by atoms with E-state index in [2.05, 4.69) is 16.8 Å². The molecule has 11 heteroatoms. The van der Waals surface area contributed by atoms with Gasteiger partial charge in [-0.3, -0.25) is 9.59 Å². The summed E-state index contributed by atoms with van der Waals surface area (Å²) in [4.78, 5) is 33.3. The van der Waals surface area contributed by atoms with E-state index in [1.54, 1.807) is 19.2 Å². The maximum Gasteiger partial charge on any atom is 0.416 e. The largest absolute Gasteiger partial charge is 0.473 e. The first kappa shape index (κ1) is 31.8. The van der Waals surface area contributed by atoms with Crippen LogP contribution in [0.4, 0.5) is 18.9 Å². The third-order valence-corrected chi connectivity index (χ3v) is 7.43. The molecule has 0 saturated carbocycles. The first-order valence-electron chi connectivity index (χ1n) is 14.2. The van der Waals surface area contributed by atoms with Crippen LogP contribution in [0.3, 0.4) is 0 Å². The SMILES string of the molecule is C=C/C(=C\C(=C(C)C)c1cnc(OC2CCN(C(C)=O)CC2)c(N2CCOCC2)c1)NC(=O)c1cccc(C(F)(F)F)c1. The maximum absolute atomic E-state index is 13.2. The predicted octanol–water partition coefficient (Wildman–Crippen LogP) is 5.62. The minimum Gasteiger partial charge on any atom is -0.473 e. The van der Waals surface area contributed by atoms with Crippen molar-refractivity contribution in [2.24, 2.45) is 0 Å². The van der Waals surface area contributed by atoms with Crippen LogP contribution < -0.4 is 15.0 Å². The number of rotatable bonds is 8. The first-order valence-corrected chi connectivity index (χ1v) is 14.2. The highest BCUT2D eigenvalue weighted by Gasteiger charge is 2.31. The number of piperidine rings is 1. The molecule has 230 valence electrons. The maximum atomic E-state index is 13.2. The fourth-order valence-corrected chi connectivity index (χ4v) is 5.01. The van der Waals surface area contributed by atoms with Gasteiger partial charge in [-0.25, -0.2) is 4.98 Å². The second-order valence-corrected chi connectivity index (χ2v) is 10.7. The van der Waals surface area contributed by atoms with Gasteiger partial charge in [-0.1, -0.05) is 18.2 Å². The van der Waals surface area contributed by atoms with Crippen molar-refractivity contribution in [1.82, 2.24) is 15.2 Å². The highest BCUT2D eigenvalue weighted by Crippen LogP contribution is 2.34. The molecule has 0 bridgehead atoms. The van der Waals surface area contributed by atoms with Crippen LogP contribution in [0.5, 0.6) is 5.88 Å². The van der Waals surface area contributed by atoms with E-state index in [9.17, 15) is 22.8 Å². The van der Waals surface area contributed by atoms with E-state index in [0.29, 0.717) is 63.8 Å². The van der Waals surface area contributed by atoms with E-state index in [1.807, 2.05) is 24.8 Å². The summed E-state index contributed by atoms with van der Waals surface area (Å²) in [6.45, 7) is 12.9. The Morgan fingerprint density at radius 1 is 1.07 bits per heavy atom. The van der Waals surface area contributed by atoms with Gasteiger partial charge in [-0.15, -0.1) is 0 Å². The van der Waals surface area contributed by atoms with E-state index in [4.69, 9.17) is 14.5 Å². The van der Waals surface area contributed by atoms with Crippen molar-refractivity contribution in [1.29, 1.82) is 0 Å². The van der Waals surface area contributed by atoms with Crippen molar-refractivity contribution < 1.29 is 32.2 Å². The Kier molecular flexibility index (Phi) is 10.3. The van der Waals surface area contributed by atoms with Gasteiger partial charge >= 0.3 is 6.18 Å². The predicted molar refractivity (Wildman–Crippen MR) is 159 cm³/mol. The van der Waals surface area contributed by atoms with E-state index in [-0.39, 0.29) is 17.6 Å². The number of halogens is 3. The molecule has 2 aromatic rings. The molecule has 0 aliphatic carbocycles. The van der Waals surface area contributed by atoms with Gasteiger partial charge in [0.05, 0.1) is 18.8 Å². The third-order valence-electron chi connectivity index (χ3n) is 7.43. The molecule has 0 spiro atoms. The molecule has 1 aromatic carbocycles. The van der Waals surface area contributed by atoms with Crippen molar-refractivity contribution >= 4 is 23.1 Å². The van der Waals surface area contributed by atoms with E-state index in [1.165, 1.54) is 18.2 Å².